The molecular formula is C22H19NO4. The lowest BCUT2D eigenvalue weighted by atomic mass is 9.90. The average molecular weight is 361 g/mol. The van der Waals surface area contributed by atoms with Crippen LogP contribution in [-0.4, -0.2) is 28.0 Å². The number of phenolic OH excluding ortho intramolecular Hbond substituents is 1. The molecule has 5 nitrogen and oxygen atoms in total. The van der Waals surface area contributed by atoms with Crippen LogP contribution >= 0.6 is 0 Å². The number of carbonyl (C=O) groups is 2. The Kier molecular flexibility index (Phi) is 5.33. The van der Waals surface area contributed by atoms with Crippen LogP contribution in [-0.2, 0) is 16.0 Å². The molecule has 0 aromatic heterocycles. The van der Waals surface area contributed by atoms with Gasteiger partial charge in [0.2, 0.25) is 0 Å². The van der Waals surface area contributed by atoms with E-state index in [2.05, 4.69) is 0 Å². The van der Waals surface area contributed by atoms with E-state index in [1.807, 2.05) is 36.4 Å². The lowest BCUT2D eigenvalue weighted by Crippen LogP contribution is -2.32. The van der Waals surface area contributed by atoms with Crippen LogP contribution in [0.3, 0.4) is 0 Å². The number of aliphatic carboxylic acids is 1. The van der Waals surface area contributed by atoms with Gasteiger partial charge in [-0.3, -0.25) is 9.59 Å². The van der Waals surface area contributed by atoms with Gasteiger partial charge in [-0.25, -0.2) is 0 Å². The molecule has 0 radical (unpaired) electrons. The Morgan fingerprint density at radius 1 is 0.889 bits per heavy atom. The quantitative estimate of drug-likeness (QED) is 0.760. The van der Waals surface area contributed by atoms with Gasteiger partial charge in [-0.2, -0.15) is 0 Å². The molecule has 27 heavy (non-hydrogen) atoms. The Balaban J connectivity index is 2.01. The van der Waals surface area contributed by atoms with Crippen molar-refractivity contribution in [3.05, 3.63) is 95.1 Å². The molecule has 0 fully saturated rings. The topological polar surface area (TPSA) is 101 Å². The zero-order chi connectivity index (χ0) is 19.4. The molecule has 0 aliphatic heterocycles. The average Bonchev–Trinajstić information content (AvgIpc) is 2.66. The van der Waals surface area contributed by atoms with Gasteiger partial charge in [0, 0.05) is 0 Å². The normalized spacial score (nSPS) is 14.3. The third-order valence-corrected chi connectivity index (χ3v) is 4.31. The van der Waals surface area contributed by atoms with Crippen LogP contribution in [0.2, 0.25) is 0 Å². The second-order valence-electron chi connectivity index (χ2n) is 6.29. The molecule has 0 saturated heterocycles. The maximum absolute atomic E-state index is 11.5. The van der Waals surface area contributed by atoms with Gasteiger partial charge >= 0.3 is 5.97 Å². The number of hydrogen-bond acceptors (Lipinski definition) is 4. The Morgan fingerprint density at radius 2 is 1.41 bits per heavy atom. The second-order valence-corrected chi connectivity index (χ2v) is 6.29. The molecule has 2 aromatic carbocycles. The van der Waals surface area contributed by atoms with Gasteiger partial charge in [-0.05, 0) is 58.5 Å². The van der Waals surface area contributed by atoms with Crippen molar-refractivity contribution in [2.75, 3.05) is 0 Å². The summed E-state index contributed by atoms with van der Waals surface area (Å²) in [5.41, 5.74) is 10.0. The standard InChI is InChI=1S/C22H19NO4/c23-20(22(26)27)13-14-1-3-15(4-2-14)21(16-5-9-18(24)10-6-16)17-7-11-19(25)12-8-17/h1-12,20,24H,13,23H2,(H,26,27)/t20-/m0/s1. The summed E-state index contributed by atoms with van der Waals surface area (Å²) in [6, 6.07) is 13.4. The highest BCUT2D eigenvalue weighted by Gasteiger charge is 2.14. The van der Waals surface area contributed by atoms with Gasteiger partial charge in [0.1, 0.15) is 11.8 Å². The number of phenols is 1. The van der Waals surface area contributed by atoms with Crippen molar-refractivity contribution in [3.63, 3.8) is 0 Å². The van der Waals surface area contributed by atoms with Crippen LogP contribution in [0.5, 0.6) is 5.75 Å². The van der Waals surface area contributed by atoms with Crippen LogP contribution in [0.25, 0.3) is 5.57 Å². The molecule has 1 atom stereocenters. The van der Waals surface area contributed by atoms with E-state index in [1.54, 1.807) is 24.3 Å². The summed E-state index contributed by atoms with van der Waals surface area (Å²) in [5, 5.41) is 18.5. The summed E-state index contributed by atoms with van der Waals surface area (Å²) in [4.78, 5) is 22.4. The van der Waals surface area contributed by atoms with Crippen molar-refractivity contribution in [1.82, 2.24) is 0 Å². The number of rotatable bonds is 5. The molecule has 4 N–H and O–H groups in total. The molecule has 0 amide bonds. The minimum absolute atomic E-state index is 0.0678. The number of ketones is 1. The molecule has 136 valence electrons. The Hall–Kier alpha value is -3.44. The molecule has 1 aliphatic carbocycles. The van der Waals surface area contributed by atoms with E-state index in [0.717, 1.165) is 27.8 Å². The molecule has 0 saturated carbocycles. The molecule has 0 unspecified atom stereocenters. The summed E-state index contributed by atoms with van der Waals surface area (Å²) < 4.78 is 0. The van der Waals surface area contributed by atoms with Crippen molar-refractivity contribution in [1.29, 1.82) is 0 Å². The van der Waals surface area contributed by atoms with Crippen molar-refractivity contribution >= 4 is 17.3 Å². The van der Waals surface area contributed by atoms with Gasteiger partial charge in [-0.1, -0.05) is 48.6 Å². The predicted molar refractivity (Wildman–Crippen MR) is 103 cm³/mol. The number of benzene rings is 2. The van der Waals surface area contributed by atoms with Gasteiger partial charge < -0.3 is 15.9 Å². The van der Waals surface area contributed by atoms with E-state index in [4.69, 9.17) is 10.8 Å². The zero-order valence-corrected chi connectivity index (χ0v) is 14.5. The summed E-state index contributed by atoms with van der Waals surface area (Å²) in [7, 11) is 0. The maximum Gasteiger partial charge on any atom is 0.320 e. The SMILES string of the molecule is N[C@@H](Cc1ccc(C(=C2C=CC(=O)C=C2)c2ccc(O)cc2)cc1)C(=O)O. The summed E-state index contributed by atoms with van der Waals surface area (Å²) >= 11 is 0. The number of allylic oxidation sites excluding steroid dienone is 5. The first-order valence-corrected chi connectivity index (χ1v) is 8.45. The molecule has 1 aliphatic rings. The van der Waals surface area contributed by atoms with Gasteiger partial charge in [0.15, 0.2) is 5.78 Å². The van der Waals surface area contributed by atoms with E-state index in [0.29, 0.717) is 0 Å². The van der Waals surface area contributed by atoms with Crippen molar-refractivity contribution < 1.29 is 19.8 Å². The van der Waals surface area contributed by atoms with Gasteiger partial charge in [-0.15, -0.1) is 0 Å². The van der Waals surface area contributed by atoms with Gasteiger partial charge in [0.25, 0.3) is 0 Å². The fraction of sp³-hybridized carbons (Fsp3) is 0.0909. The molecule has 5 heteroatoms. The van der Waals surface area contributed by atoms with Crippen LogP contribution in [0, 0.1) is 0 Å². The molecule has 0 spiro atoms. The van der Waals surface area contributed by atoms with E-state index in [9.17, 15) is 14.7 Å². The monoisotopic (exact) mass is 361 g/mol. The Bertz CT molecular complexity index is 933. The lowest BCUT2D eigenvalue weighted by Gasteiger charge is -2.14. The zero-order valence-electron chi connectivity index (χ0n) is 14.5. The van der Waals surface area contributed by atoms with Crippen LogP contribution in [0.1, 0.15) is 16.7 Å². The highest BCUT2D eigenvalue weighted by Crippen LogP contribution is 2.30. The number of aromatic hydroxyl groups is 1. The first kappa shape index (κ1) is 18.4. The fourth-order valence-corrected chi connectivity index (χ4v) is 2.90. The van der Waals surface area contributed by atoms with E-state index < -0.39 is 12.0 Å². The smallest absolute Gasteiger partial charge is 0.320 e. The molecule has 0 bridgehead atoms. The molecule has 3 rings (SSSR count). The third-order valence-electron chi connectivity index (χ3n) is 4.31. The highest BCUT2D eigenvalue weighted by molar-refractivity contribution is 6.03. The predicted octanol–water partition coefficient (Wildman–Crippen LogP) is 2.84. The highest BCUT2D eigenvalue weighted by atomic mass is 16.4. The lowest BCUT2D eigenvalue weighted by molar-refractivity contribution is -0.138. The van der Waals surface area contributed by atoms with Crippen molar-refractivity contribution in [3.8, 4) is 5.75 Å². The number of carbonyl (C=O) groups excluding carboxylic acids is 1. The van der Waals surface area contributed by atoms with E-state index >= 15 is 0 Å². The van der Waals surface area contributed by atoms with Crippen molar-refractivity contribution in [2.24, 2.45) is 5.73 Å². The second kappa shape index (κ2) is 7.85. The molecule has 2 aromatic rings. The first-order chi connectivity index (χ1) is 12.9. The molecule has 0 heterocycles. The summed E-state index contributed by atoms with van der Waals surface area (Å²) in [6.45, 7) is 0. The van der Waals surface area contributed by atoms with Crippen LogP contribution in [0.4, 0.5) is 0 Å². The van der Waals surface area contributed by atoms with Crippen molar-refractivity contribution in [2.45, 2.75) is 12.5 Å². The minimum atomic E-state index is -1.03. The molecular weight excluding hydrogens is 342 g/mol. The number of hydrogen-bond donors (Lipinski definition) is 3. The van der Waals surface area contributed by atoms with Crippen LogP contribution < -0.4 is 5.73 Å². The van der Waals surface area contributed by atoms with E-state index in [-0.39, 0.29) is 18.0 Å². The summed E-state index contributed by atoms with van der Waals surface area (Å²) in [5.74, 6) is -0.930. The minimum Gasteiger partial charge on any atom is -0.508 e. The Morgan fingerprint density at radius 3 is 1.93 bits per heavy atom. The number of carboxylic acid groups (broad SMARTS) is 1. The van der Waals surface area contributed by atoms with E-state index in [1.165, 1.54) is 12.2 Å². The largest absolute Gasteiger partial charge is 0.508 e. The van der Waals surface area contributed by atoms with Crippen LogP contribution in [0.15, 0.2) is 78.4 Å². The number of carboxylic acids is 1. The fourth-order valence-electron chi connectivity index (χ4n) is 2.90. The number of nitrogens with two attached hydrogens (primary N) is 1. The Labute approximate surface area is 156 Å². The third kappa shape index (κ3) is 4.40. The summed E-state index contributed by atoms with van der Waals surface area (Å²) in [6.07, 6.45) is 6.79. The van der Waals surface area contributed by atoms with Gasteiger partial charge in [0.05, 0.1) is 0 Å². The maximum atomic E-state index is 11.5. The first-order valence-electron chi connectivity index (χ1n) is 8.45.